The molecule has 24 nitrogen and oxygen atoms in total. The van der Waals surface area contributed by atoms with Crippen molar-refractivity contribution < 1.29 is 80.8 Å². The molecule has 4 aromatic carbocycles. The van der Waals surface area contributed by atoms with Crippen LogP contribution in [0.15, 0.2) is 107 Å². The van der Waals surface area contributed by atoms with E-state index in [0.29, 0.717) is 6.07 Å². The van der Waals surface area contributed by atoms with Crippen molar-refractivity contribution in [3.05, 3.63) is 87.0 Å². The van der Waals surface area contributed by atoms with Crippen molar-refractivity contribution in [2.75, 3.05) is 12.4 Å². The summed E-state index contributed by atoms with van der Waals surface area (Å²) in [5.74, 6) is -3.78. The number of phenols is 3. The Balaban J connectivity index is 0.00000784. The number of nitro groups is 2. The summed E-state index contributed by atoms with van der Waals surface area (Å²) in [5, 5.41) is 76.2. The van der Waals surface area contributed by atoms with Crippen LogP contribution in [0, 0.1) is 20.2 Å². The summed E-state index contributed by atoms with van der Waals surface area (Å²) in [6.45, 7) is -1.07. The van der Waals surface area contributed by atoms with Crippen LogP contribution in [0.5, 0.6) is 17.2 Å². The van der Waals surface area contributed by atoms with Gasteiger partial charge in [0.1, 0.15) is 33.4 Å². The van der Waals surface area contributed by atoms with Gasteiger partial charge in [0.15, 0.2) is 27.0 Å². The fourth-order valence-corrected chi connectivity index (χ4v) is 6.12. The van der Waals surface area contributed by atoms with Crippen LogP contribution in [0.2, 0.25) is 0 Å². The minimum absolute atomic E-state index is 0. The SMILES string of the molecule is O=[N+]([O-])c1ccc(N=Nc2cc(N=Nc3ccc([N+](=O)[O-])cc3O)c(O)c(N=Nc3ccc(S(=O)(=O)CCOS(=O)(=O)O)cc3S(=O)(=O)O)c2O)cc1.[Fe]. The van der Waals surface area contributed by atoms with Crippen LogP contribution in [0.25, 0.3) is 0 Å². The molecule has 0 unspecified atom stereocenters. The van der Waals surface area contributed by atoms with Gasteiger partial charge in [0.05, 0.1) is 38.9 Å². The van der Waals surface area contributed by atoms with Crippen molar-refractivity contribution in [2.45, 2.75) is 9.79 Å². The molecular weight excluding hydrogens is 832 g/mol. The number of hydrogen-bond donors (Lipinski definition) is 5. The van der Waals surface area contributed by atoms with Crippen molar-refractivity contribution in [1.82, 2.24) is 0 Å². The van der Waals surface area contributed by atoms with Crippen LogP contribution in [-0.4, -0.2) is 71.9 Å². The molecular formula is C26H20FeN8O16S3. The first-order valence-electron chi connectivity index (χ1n) is 13.7. The number of aromatic hydroxyl groups is 3. The van der Waals surface area contributed by atoms with Crippen molar-refractivity contribution in [1.29, 1.82) is 0 Å². The van der Waals surface area contributed by atoms with Crippen molar-refractivity contribution in [3.8, 4) is 17.2 Å². The molecule has 0 radical (unpaired) electrons. The van der Waals surface area contributed by atoms with E-state index < -0.39 is 108 Å². The minimum atomic E-state index is -5.29. The first-order valence-corrected chi connectivity index (χ1v) is 18.1. The molecule has 0 saturated heterocycles. The summed E-state index contributed by atoms with van der Waals surface area (Å²) in [5.41, 5.74) is -3.84. The molecule has 0 fully saturated rings. The van der Waals surface area contributed by atoms with Crippen LogP contribution in [-0.2, 0) is 51.6 Å². The Kier molecular flexibility index (Phi) is 13.3. The third kappa shape index (κ3) is 10.8. The van der Waals surface area contributed by atoms with Gasteiger partial charge in [-0.3, -0.25) is 29.3 Å². The Labute approximate surface area is 312 Å². The number of sulfone groups is 1. The summed E-state index contributed by atoms with van der Waals surface area (Å²) in [4.78, 5) is 18.5. The quantitative estimate of drug-likeness (QED) is 0.0333. The zero-order valence-corrected chi connectivity index (χ0v) is 29.7. The van der Waals surface area contributed by atoms with Crippen LogP contribution in [0.1, 0.15) is 0 Å². The van der Waals surface area contributed by atoms with E-state index in [-0.39, 0.29) is 34.1 Å². The fourth-order valence-electron chi connectivity index (χ4n) is 3.89. The van der Waals surface area contributed by atoms with Gasteiger partial charge in [-0.2, -0.15) is 21.9 Å². The van der Waals surface area contributed by atoms with Crippen molar-refractivity contribution >= 4 is 75.9 Å². The Bertz CT molecular complexity index is 2550. The second kappa shape index (κ2) is 16.9. The molecule has 0 spiro atoms. The zero-order chi connectivity index (χ0) is 39.3. The maximum absolute atomic E-state index is 12.6. The third-order valence-corrected chi connectivity index (χ3v) is 9.41. The number of nitrogens with zero attached hydrogens (tertiary/aromatic N) is 8. The molecule has 0 bridgehead atoms. The van der Waals surface area contributed by atoms with Crippen LogP contribution < -0.4 is 0 Å². The van der Waals surface area contributed by atoms with Crippen molar-refractivity contribution in [3.63, 3.8) is 0 Å². The predicted molar refractivity (Wildman–Crippen MR) is 176 cm³/mol. The standard InChI is InChI=1S/C26H20N8O16S3.Fe/c35-22-11-16(34(40)41)5-7-18(22)28-31-21-13-20(30-27-14-1-3-15(4-2-14)33(38)39)25(36)24(26(21)37)32-29-19-8-6-17(12-23(19)52(44,45)46)51(42,43)10-9-50-53(47,48)49;/h1-8,11-13,35-37H,9-10H2,(H,44,45,46)(H,47,48,49);. The van der Waals surface area contributed by atoms with E-state index >= 15 is 0 Å². The van der Waals surface area contributed by atoms with Gasteiger partial charge in [-0.1, -0.05) is 0 Å². The normalized spacial score (nSPS) is 12.3. The third-order valence-electron chi connectivity index (χ3n) is 6.39. The first-order chi connectivity index (χ1) is 24.7. The van der Waals surface area contributed by atoms with Crippen LogP contribution in [0.3, 0.4) is 0 Å². The van der Waals surface area contributed by atoms with Crippen LogP contribution in [0.4, 0.5) is 45.5 Å². The number of nitro benzene ring substituents is 2. The van der Waals surface area contributed by atoms with E-state index in [4.69, 9.17) is 4.55 Å². The molecule has 0 aliphatic rings. The largest absolute Gasteiger partial charge is 0.505 e. The average molecular weight is 853 g/mol. The topological polar surface area (TPSA) is 373 Å². The molecule has 5 N–H and O–H groups in total. The number of phenolic OH excluding ortho intramolecular Hbond substituents is 3. The molecule has 0 amide bonds. The second-order valence-corrected chi connectivity index (χ2v) is 14.5. The average Bonchev–Trinajstić information content (AvgIpc) is 3.06. The minimum Gasteiger partial charge on any atom is -0.505 e. The van der Waals surface area contributed by atoms with E-state index in [1.807, 2.05) is 0 Å². The molecule has 4 aromatic rings. The zero-order valence-electron chi connectivity index (χ0n) is 26.1. The van der Waals surface area contributed by atoms with E-state index in [9.17, 15) is 65.4 Å². The fraction of sp³-hybridized carbons (Fsp3) is 0.0769. The maximum Gasteiger partial charge on any atom is 0.397 e. The Morgan fingerprint density at radius 1 is 0.630 bits per heavy atom. The van der Waals surface area contributed by atoms with Gasteiger partial charge in [0.25, 0.3) is 21.5 Å². The summed E-state index contributed by atoms with van der Waals surface area (Å²) in [6, 6.07) is 10.1. The van der Waals surface area contributed by atoms with Gasteiger partial charge in [0, 0.05) is 41.3 Å². The molecule has 0 aromatic heterocycles. The van der Waals surface area contributed by atoms with Gasteiger partial charge in [-0.15, -0.1) is 25.6 Å². The smallest absolute Gasteiger partial charge is 0.397 e. The molecule has 0 saturated carbocycles. The van der Waals surface area contributed by atoms with Gasteiger partial charge in [-0.05, 0) is 36.4 Å². The molecule has 0 atom stereocenters. The molecule has 0 heterocycles. The Morgan fingerprint density at radius 3 is 1.69 bits per heavy atom. The number of hydrogen-bond acceptors (Lipinski definition) is 20. The maximum atomic E-state index is 12.6. The predicted octanol–water partition coefficient (Wildman–Crippen LogP) is 5.70. The van der Waals surface area contributed by atoms with E-state index in [1.165, 1.54) is 12.1 Å². The molecule has 0 aliphatic carbocycles. The molecule has 286 valence electrons. The number of non-ortho nitro benzene ring substituents is 2. The van der Waals surface area contributed by atoms with Crippen molar-refractivity contribution in [2.24, 2.45) is 30.7 Å². The number of benzene rings is 4. The van der Waals surface area contributed by atoms with E-state index in [1.54, 1.807) is 0 Å². The van der Waals surface area contributed by atoms with Gasteiger partial charge in [0.2, 0.25) is 0 Å². The molecule has 0 aliphatic heterocycles. The Morgan fingerprint density at radius 2 is 1.15 bits per heavy atom. The summed E-state index contributed by atoms with van der Waals surface area (Å²) >= 11 is 0. The first kappa shape index (κ1) is 42.5. The number of rotatable bonds is 14. The van der Waals surface area contributed by atoms with Gasteiger partial charge < -0.3 is 15.3 Å². The summed E-state index contributed by atoms with van der Waals surface area (Å²) < 4.78 is 93.5. The van der Waals surface area contributed by atoms with Crippen LogP contribution >= 0.6 is 0 Å². The van der Waals surface area contributed by atoms with E-state index in [2.05, 4.69) is 34.9 Å². The summed E-state index contributed by atoms with van der Waals surface area (Å²) in [6.07, 6.45) is 0. The molecule has 4 rings (SSSR count). The summed E-state index contributed by atoms with van der Waals surface area (Å²) in [7, 11) is -14.8. The second-order valence-electron chi connectivity index (χ2n) is 9.94. The molecule has 54 heavy (non-hydrogen) atoms. The Hall–Kier alpha value is -5.87. The van der Waals surface area contributed by atoms with E-state index in [0.717, 1.165) is 48.5 Å². The monoisotopic (exact) mass is 852 g/mol. The van der Waals surface area contributed by atoms with Gasteiger partial charge >= 0.3 is 10.4 Å². The molecule has 28 heteroatoms. The number of azo groups is 3. The van der Waals surface area contributed by atoms with Gasteiger partial charge in [-0.25, -0.2) is 12.6 Å².